The number of nitrogens with zero attached hydrogens (tertiary/aromatic N) is 3. The number of pyridine rings is 2. The maximum atomic E-state index is 13.0. The van der Waals surface area contributed by atoms with Gasteiger partial charge in [-0.3, -0.25) is 0 Å². The first-order chi connectivity index (χ1) is 10.8. The molecule has 0 saturated carbocycles. The third-order valence-corrected chi connectivity index (χ3v) is 3.42. The summed E-state index contributed by atoms with van der Waals surface area (Å²) < 4.78 is 45.9. The lowest BCUT2D eigenvalue weighted by Crippen LogP contribution is -2.10. The van der Waals surface area contributed by atoms with Gasteiger partial charge in [0.25, 0.3) is 0 Å². The lowest BCUT2D eigenvalue weighted by atomic mass is 10.1. The van der Waals surface area contributed by atoms with E-state index in [-0.39, 0.29) is 5.56 Å². The molecule has 5 nitrogen and oxygen atoms in total. The minimum absolute atomic E-state index is 0.290. The number of aromatic nitrogens is 3. The largest absolute Gasteiger partial charge is 0.493 e. The van der Waals surface area contributed by atoms with Crippen molar-refractivity contribution in [3.63, 3.8) is 0 Å². The Kier molecular flexibility index (Phi) is 3.39. The van der Waals surface area contributed by atoms with E-state index in [9.17, 15) is 13.2 Å². The summed E-state index contributed by atoms with van der Waals surface area (Å²) in [5.74, 6) is -0.0891. The number of rotatable bonds is 2. The number of anilines is 1. The van der Waals surface area contributed by atoms with Crippen molar-refractivity contribution >= 4 is 11.5 Å². The molecule has 0 amide bonds. The number of imidazole rings is 1. The van der Waals surface area contributed by atoms with Crippen molar-refractivity contribution in [2.45, 2.75) is 13.1 Å². The van der Waals surface area contributed by atoms with Crippen molar-refractivity contribution < 1.29 is 17.9 Å². The molecule has 0 spiro atoms. The van der Waals surface area contributed by atoms with Gasteiger partial charge in [-0.05, 0) is 19.1 Å². The molecule has 2 N–H and O–H groups in total. The number of nitrogen functional groups attached to an aromatic ring is 1. The highest BCUT2D eigenvalue weighted by Gasteiger charge is 2.34. The first-order valence-corrected chi connectivity index (χ1v) is 6.66. The molecule has 0 aromatic carbocycles. The quantitative estimate of drug-likeness (QED) is 0.786. The second-order valence-corrected chi connectivity index (χ2v) is 5.06. The zero-order chi connectivity index (χ0) is 16.8. The molecule has 0 fully saturated rings. The van der Waals surface area contributed by atoms with Crippen LogP contribution in [-0.4, -0.2) is 21.5 Å². The van der Waals surface area contributed by atoms with Gasteiger partial charge >= 0.3 is 6.18 Å². The first kappa shape index (κ1) is 15.1. The molecule has 0 aliphatic heterocycles. The average molecular weight is 322 g/mol. The average Bonchev–Trinajstić information content (AvgIpc) is 2.85. The van der Waals surface area contributed by atoms with Crippen LogP contribution in [0.25, 0.3) is 16.8 Å². The van der Waals surface area contributed by atoms with Gasteiger partial charge in [0.15, 0.2) is 11.4 Å². The number of aryl methyl sites for hydroxylation is 1. The van der Waals surface area contributed by atoms with Crippen molar-refractivity contribution in [3.05, 3.63) is 42.0 Å². The number of alkyl halides is 3. The third-order valence-electron chi connectivity index (χ3n) is 3.42. The van der Waals surface area contributed by atoms with Crippen molar-refractivity contribution in [1.29, 1.82) is 0 Å². The summed E-state index contributed by atoms with van der Waals surface area (Å²) in [6.45, 7) is 1.82. The summed E-state index contributed by atoms with van der Waals surface area (Å²) in [6, 6.07) is 2.60. The van der Waals surface area contributed by atoms with Crippen LogP contribution in [-0.2, 0) is 6.18 Å². The standard InChI is InChI=1S/C15H13F3N4O/c1-8-6-22-7-10(4-12(23-2)14(22)21-8)9-3-11(15(16,17)18)13(19)20-5-9/h3-7H,1-2H3,(H2,19,20). The molecule has 0 aliphatic carbocycles. The van der Waals surface area contributed by atoms with E-state index in [0.29, 0.717) is 17.0 Å². The molecular formula is C15H13F3N4O. The first-order valence-electron chi connectivity index (χ1n) is 6.66. The lowest BCUT2D eigenvalue weighted by molar-refractivity contribution is -0.137. The smallest absolute Gasteiger partial charge is 0.419 e. The molecule has 23 heavy (non-hydrogen) atoms. The summed E-state index contributed by atoms with van der Waals surface area (Å²) in [6.07, 6.45) is 0.170. The van der Waals surface area contributed by atoms with Gasteiger partial charge in [0, 0.05) is 29.7 Å². The van der Waals surface area contributed by atoms with E-state index in [1.165, 1.54) is 13.3 Å². The monoisotopic (exact) mass is 322 g/mol. The van der Waals surface area contributed by atoms with Crippen LogP contribution in [0.2, 0.25) is 0 Å². The lowest BCUT2D eigenvalue weighted by Gasteiger charge is -2.12. The van der Waals surface area contributed by atoms with E-state index in [2.05, 4.69) is 9.97 Å². The zero-order valence-corrected chi connectivity index (χ0v) is 12.3. The van der Waals surface area contributed by atoms with Gasteiger partial charge in [-0.2, -0.15) is 13.2 Å². The number of hydrogen-bond acceptors (Lipinski definition) is 4. The van der Waals surface area contributed by atoms with E-state index in [0.717, 1.165) is 11.8 Å². The summed E-state index contributed by atoms with van der Waals surface area (Å²) in [5, 5.41) is 0. The SMILES string of the molecule is COc1cc(-c2cnc(N)c(C(F)(F)F)c2)cn2cc(C)nc12. The molecule has 0 unspecified atom stereocenters. The van der Waals surface area contributed by atoms with Crippen LogP contribution in [0.3, 0.4) is 0 Å². The molecule has 0 atom stereocenters. The van der Waals surface area contributed by atoms with Crippen LogP contribution in [0.1, 0.15) is 11.3 Å². The number of hydrogen-bond donors (Lipinski definition) is 1. The fraction of sp³-hybridized carbons (Fsp3) is 0.200. The molecule has 3 heterocycles. The summed E-state index contributed by atoms with van der Waals surface area (Å²) in [4.78, 5) is 7.97. The zero-order valence-electron chi connectivity index (χ0n) is 12.3. The van der Waals surface area contributed by atoms with Crippen LogP contribution in [0, 0.1) is 6.92 Å². The molecule has 0 saturated heterocycles. The van der Waals surface area contributed by atoms with Crippen molar-refractivity contribution in [2.75, 3.05) is 12.8 Å². The normalized spacial score (nSPS) is 11.9. The topological polar surface area (TPSA) is 65.4 Å². The summed E-state index contributed by atoms with van der Waals surface area (Å²) in [7, 11) is 1.48. The number of ether oxygens (including phenoxy) is 1. The van der Waals surface area contributed by atoms with Gasteiger partial charge in [0.1, 0.15) is 5.82 Å². The Morgan fingerprint density at radius 3 is 2.57 bits per heavy atom. The van der Waals surface area contributed by atoms with Crippen LogP contribution >= 0.6 is 0 Å². The fourth-order valence-electron chi connectivity index (χ4n) is 2.36. The maximum Gasteiger partial charge on any atom is 0.419 e. The second-order valence-electron chi connectivity index (χ2n) is 5.06. The molecule has 0 radical (unpaired) electrons. The Morgan fingerprint density at radius 2 is 1.91 bits per heavy atom. The van der Waals surface area contributed by atoms with Gasteiger partial charge in [0.05, 0.1) is 18.4 Å². The van der Waals surface area contributed by atoms with E-state index < -0.39 is 17.6 Å². The Bertz CT molecular complexity index is 886. The Balaban J connectivity index is 2.20. The number of nitrogens with two attached hydrogens (primary N) is 1. The van der Waals surface area contributed by atoms with Crippen LogP contribution in [0.15, 0.2) is 30.7 Å². The minimum atomic E-state index is -4.56. The number of halogens is 3. The molecular weight excluding hydrogens is 309 g/mol. The van der Waals surface area contributed by atoms with E-state index >= 15 is 0 Å². The fourth-order valence-corrected chi connectivity index (χ4v) is 2.36. The summed E-state index contributed by atoms with van der Waals surface area (Å²) in [5.41, 5.74) is 6.54. The van der Waals surface area contributed by atoms with Crippen molar-refractivity contribution in [3.8, 4) is 16.9 Å². The van der Waals surface area contributed by atoms with E-state index in [4.69, 9.17) is 10.5 Å². The molecule has 3 aromatic rings. The minimum Gasteiger partial charge on any atom is -0.493 e. The molecule has 0 aliphatic rings. The maximum absolute atomic E-state index is 13.0. The predicted octanol–water partition coefficient (Wildman–Crippen LogP) is 3.31. The van der Waals surface area contributed by atoms with Crippen LogP contribution in [0.4, 0.5) is 19.0 Å². The van der Waals surface area contributed by atoms with Crippen molar-refractivity contribution in [2.24, 2.45) is 0 Å². The van der Waals surface area contributed by atoms with Crippen LogP contribution in [0.5, 0.6) is 5.75 Å². The van der Waals surface area contributed by atoms with E-state index in [1.807, 2.05) is 6.92 Å². The molecule has 0 bridgehead atoms. The van der Waals surface area contributed by atoms with Crippen LogP contribution < -0.4 is 10.5 Å². The molecule has 120 valence electrons. The highest BCUT2D eigenvalue weighted by molar-refractivity contribution is 5.70. The third kappa shape index (κ3) is 2.67. The Labute approximate surface area is 129 Å². The molecule has 3 aromatic heterocycles. The molecule has 8 heteroatoms. The Hall–Kier alpha value is -2.77. The molecule has 3 rings (SSSR count). The van der Waals surface area contributed by atoms with Gasteiger partial charge < -0.3 is 14.9 Å². The number of methoxy groups -OCH3 is 1. The second kappa shape index (κ2) is 5.15. The highest BCUT2D eigenvalue weighted by atomic mass is 19.4. The van der Waals surface area contributed by atoms with Gasteiger partial charge in [-0.1, -0.05) is 0 Å². The van der Waals surface area contributed by atoms with Crippen molar-refractivity contribution in [1.82, 2.24) is 14.4 Å². The number of fused-ring (bicyclic) bond motifs is 1. The van der Waals surface area contributed by atoms with Gasteiger partial charge in [-0.15, -0.1) is 0 Å². The highest BCUT2D eigenvalue weighted by Crippen LogP contribution is 2.36. The van der Waals surface area contributed by atoms with Gasteiger partial charge in [-0.25, -0.2) is 9.97 Å². The Morgan fingerprint density at radius 1 is 1.17 bits per heavy atom. The summed E-state index contributed by atoms with van der Waals surface area (Å²) >= 11 is 0. The predicted molar refractivity (Wildman–Crippen MR) is 79.1 cm³/mol. The van der Waals surface area contributed by atoms with Gasteiger partial charge in [0.2, 0.25) is 0 Å². The van der Waals surface area contributed by atoms with E-state index in [1.54, 1.807) is 22.9 Å².